The predicted molar refractivity (Wildman–Crippen MR) is 112 cm³/mol. The molecule has 7 heteroatoms. The third-order valence-corrected chi connectivity index (χ3v) is 6.69. The van der Waals surface area contributed by atoms with Crippen LogP contribution in [-0.4, -0.2) is 53.0 Å². The number of hydrogen-bond acceptors (Lipinski definition) is 4. The summed E-state index contributed by atoms with van der Waals surface area (Å²) in [6.45, 7) is 3.88. The molecule has 0 aromatic heterocycles. The number of amides is 2. The van der Waals surface area contributed by atoms with Gasteiger partial charge in [-0.3, -0.25) is 9.59 Å². The molecule has 0 spiro atoms. The molecule has 2 aliphatic rings. The lowest BCUT2D eigenvalue weighted by molar-refractivity contribution is -0.151. The maximum absolute atomic E-state index is 13.3. The van der Waals surface area contributed by atoms with E-state index in [0.717, 1.165) is 51.4 Å². The average Bonchev–Trinajstić information content (AvgIpc) is 3.23. The van der Waals surface area contributed by atoms with Gasteiger partial charge in [-0.15, -0.1) is 0 Å². The second-order valence-corrected chi connectivity index (χ2v) is 9.39. The van der Waals surface area contributed by atoms with Gasteiger partial charge in [0, 0.05) is 7.05 Å². The van der Waals surface area contributed by atoms with Crippen LogP contribution in [0.15, 0.2) is 0 Å². The van der Waals surface area contributed by atoms with Crippen LogP contribution in [0.1, 0.15) is 78.1 Å². The summed E-state index contributed by atoms with van der Waals surface area (Å²) in [4.78, 5) is 39.3. The molecule has 0 bridgehead atoms. The zero-order chi connectivity index (χ0) is 21.6. The number of nitrogens with zero attached hydrogens (tertiary/aromatic N) is 1. The number of rotatable bonds is 9. The van der Waals surface area contributed by atoms with Crippen LogP contribution in [0.3, 0.4) is 0 Å². The zero-order valence-corrected chi connectivity index (χ0v) is 18.2. The Labute approximate surface area is 174 Å². The van der Waals surface area contributed by atoms with Gasteiger partial charge in [0.15, 0.2) is 0 Å². The van der Waals surface area contributed by atoms with Crippen molar-refractivity contribution < 1.29 is 19.5 Å². The lowest BCUT2D eigenvalue weighted by Crippen LogP contribution is -2.58. The molecule has 0 heterocycles. The number of carboxylic acid groups (broad SMARTS) is 1. The smallest absolute Gasteiger partial charge is 0.326 e. The number of carbonyl (C=O) groups is 3. The molecule has 0 aromatic carbocycles. The van der Waals surface area contributed by atoms with Crippen molar-refractivity contribution in [2.24, 2.45) is 23.5 Å². The first kappa shape index (κ1) is 23.6. The van der Waals surface area contributed by atoms with E-state index in [-0.39, 0.29) is 29.6 Å². The normalized spacial score (nSPS) is 21.6. The van der Waals surface area contributed by atoms with E-state index >= 15 is 0 Å². The molecule has 0 aromatic rings. The number of likely N-dealkylation sites (N-methyl/N-ethyl adjacent to an activating group) is 1. The molecule has 29 heavy (non-hydrogen) atoms. The maximum atomic E-state index is 13.3. The Morgan fingerprint density at radius 2 is 1.52 bits per heavy atom. The van der Waals surface area contributed by atoms with E-state index in [1.54, 1.807) is 7.05 Å². The lowest BCUT2D eigenvalue weighted by atomic mass is 9.83. The van der Waals surface area contributed by atoms with Gasteiger partial charge in [-0.1, -0.05) is 46.0 Å². The van der Waals surface area contributed by atoms with Crippen LogP contribution in [0.2, 0.25) is 0 Å². The van der Waals surface area contributed by atoms with E-state index in [1.165, 1.54) is 11.3 Å². The predicted octanol–water partition coefficient (Wildman–Crippen LogP) is 2.53. The molecule has 0 unspecified atom stereocenters. The molecule has 0 saturated heterocycles. The van der Waals surface area contributed by atoms with Crippen LogP contribution in [0.25, 0.3) is 0 Å². The standard InChI is InChI=1S/C22H39N3O4/c1-14(2)13-17(22(28)29)25(3)21(27)19(16-11-7-8-12-16)24-20(26)18(23)15-9-5-4-6-10-15/h14-19H,4-13,23H2,1-3H3,(H,24,26)(H,28,29)/t17-,18-,19-/m1/s1. The SMILES string of the molecule is CC(C)C[C@H](C(=O)O)N(C)C(=O)[C@H](NC(=O)[C@H](N)C1CCCCC1)C1CCCC1. The highest BCUT2D eigenvalue weighted by Crippen LogP contribution is 2.30. The highest BCUT2D eigenvalue weighted by molar-refractivity contribution is 5.92. The second-order valence-electron chi connectivity index (χ2n) is 9.39. The topological polar surface area (TPSA) is 113 Å². The van der Waals surface area contributed by atoms with Crippen LogP contribution in [0.4, 0.5) is 0 Å². The van der Waals surface area contributed by atoms with Crippen molar-refractivity contribution in [1.82, 2.24) is 10.2 Å². The van der Waals surface area contributed by atoms with Gasteiger partial charge in [-0.05, 0) is 49.9 Å². The van der Waals surface area contributed by atoms with Gasteiger partial charge in [0.05, 0.1) is 6.04 Å². The van der Waals surface area contributed by atoms with Gasteiger partial charge in [0.25, 0.3) is 0 Å². The number of carbonyl (C=O) groups excluding carboxylic acids is 2. The van der Waals surface area contributed by atoms with Gasteiger partial charge < -0.3 is 21.1 Å². The summed E-state index contributed by atoms with van der Waals surface area (Å²) in [6, 6.07) is -2.20. The molecule has 7 nitrogen and oxygen atoms in total. The third-order valence-electron chi connectivity index (χ3n) is 6.69. The van der Waals surface area contributed by atoms with Crippen LogP contribution >= 0.6 is 0 Å². The van der Waals surface area contributed by atoms with Crippen LogP contribution in [0, 0.1) is 17.8 Å². The number of nitrogens with two attached hydrogens (primary N) is 1. The van der Waals surface area contributed by atoms with Gasteiger partial charge in [-0.25, -0.2) is 4.79 Å². The first-order valence-corrected chi connectivity index (χ1v) is 11.3. The van der Waals surface area contributed by atoms with E-state index in [9.17, 15) is 19.5 Å². The molecule has 2 rings (SSSR count). The summed E-state index contributed by atoms with van der Waals surface area (Å²) >= 11 is 0. The van der Waals surface area contributed by atoms with Crippen LogP contribution < -0.4 is 11.1 Å². The number of aliphatic carboxylic acids is 1. The number of hydrogen-bond donors (Lipinski definition) is 3. The monoisotopic (exact) mass is 409 g/mol. The maximum Gasteiger partial charge on any atom is 0.326 e. The highest BCUT2D eigenvalue weighted by Gasteiger charge is 2.39. The Kier molecular flexibility index (Phi) is 8.93. The number of nitrogens with one attached hydrogen (secondary N) is 1. The van der Waals surface area contributed by atoms with Crippen LogP contribution in [0.5, 0.6) is 0 Å². The summed E-state index contributed by atoms with van der Waals surface area (Å²) < 4.78 is 0. The first-order chi connectivity index (χ1) is 13.7. The second kappa shape index (κ2) is 11.0. The van der Waals surface area contributed by atoms with E-state index in [2.05, 4.69) is 5.32 Å². The molecule has 4 N–H and O–H groups in total. The summed E-state index contributed by atoms with van der Waals surface area (Å²) in [7, 11) is 1.54. The Morgan fingerprint density at radius 1 is 1.00 bits per heavy atom. The Hall–Kier alpha value is -1.63. The molecule has 166 valence electrons. The molecule has 2 amide bonds. The Morgan fingerprint density at radius 3 is 2.03 bits per heavy atom. The molecule has 0 radical (unpaired) electrons. The molecular weight excluding hydrogens is 370 g/mol. The van der Waals surface area contributed by atoms with Crippen LogP contribution in [-0.2, 0) is 14.4 Å². The van der Waals surface area contributed by atoms with Crippen molar-refractivity contribution in [3.8, 4) is 0 Å². The minimum atomic E-state index is -1.01. The average molecular weight is 410 g/mol. The fraction of sp³-hybridized carbons (Fsp3) is 0.864. The summed E-state index contributed by atoms with van der Waals surface area (Å²) in [6.07, 6.45) is 9.43. The number of carboxylic acids is 1. The van der Waals surface area contributed by atoms with Crippen molar-refractivity contribution in [2.45, 2.75) is 96.2 Å². The van der Waals surface area contributed by atoms with Gasteiger partial charge in [0.2, 0.25) is 11.8 Å². The molecule has 3 atom stereocenters. The molecule has 0 aliphatic heterocycles. The Balaban J connectivity index is 2.12. The van der Waals surface area contributed by atoms with Crippen molar-refractivity contribution in [2.75, 3.05) is 7.05 Å². The van der Waals surface area contributed by atoms with Crippen molar-refractivity contribution in [3.05, 3.63) is 0 Å². The largest absolute Gasteiger partial charge is 0.480 e. The molecule has 2 saturated carbocycles. The van der Waals surface area contributed by atoms with E-state index in [4.69, 9.17) is 5.73 Å². The quantitative estimate of drug-likeness (QED) is 0.542. The fourth-order valence-electron chi connectivity index (χ4n) is 4.87. The summed E-state index contributed by atoms with van der Waals surface area (Å²) in [5, 5.41) is 12.6. The molecule has 2 aliphatic carbocycles. The van der Waals surface area contributed by atoms with E-state index < -0.39 is 24.1 Å². The summed E-state index contributed by atoms with van der Waals surface area (Å²) in [5.74, 6) is -1.24. The van der Waals surface area contributed by atoms with Crippen molar-refractivity contribution in [1.29, 1.82) is 0 Å². The minimum Gasteiger partial charge on any atom is -0.480 e. The van der Waals surface area contributed by atoms with E-state index in [1.807, 2.05) is 13.8 Å². The minimum absolute atomic E-state index is 0.0425. The van der Waals surface area contributed by atoms with Gasteiger partial charge in [0.1, 0.15) is 12.1 Å². The lowest BCUT2D eigenvalue weighted by Gasteiger charge is -2.34. The van der Waals surface area contributed by atoms with Crippen molar-refractivity contribution in [3.63, 3.8) is 0 Å². The Bertz CT molecular complexity index is 568. The zero-order valence-electron chi connectivity index (χ0n) is 18.2. The van der Waals surface area contributed by atoms with Gasteiger partial charge in [-0.2, -0.15) is 0 Å². The first-order valence-electron chi connectivity index (χ1n) is 11.3. The van der Waals surface area contributed by atoms with Crippen molar-refractivity contribution >= 4 is 17.8 Å². The molecule has 2 fully saturated rings. The summed E-state index contributed by atoms with van der Waals surface area (Å²) in [5.41, 5.74) is 6.26. The van der Waals surface area contributed by atoms with Gasteiger partial charge >= 0.3 is 5.97 Å². The molecular formula is C22H39N3O4. The third kappa shape index (κ3) is 6.43. The highest BCUT2D eigenvalue weighted by atomic mass is 16.4. The van der Waals surface area contributed by atoms with E-state index in [0.29, 0.717) is 6.42 Å². The fourth-order valence-corrected chi connectivity index (χ4v) is 4.87.